The first-order valence-corrected chi connectivity index (χ1v) is 11.8. The molecule has 2 aromatic carbocycles. The number of rotatable bonds is 8. The largest absolute Gasteiger partial charge is 0.478 e. The highest BCUT2D eigenvalue weighted by Crippen LogP contribution is 2.32. The van der Waals surface area contributed by atoms with E-state index in [2.05, 4.69) is 44.3 Å². The van der Waals surface area contributed by atoms with Gasteiger partial charge in [0.15, 0.2) is 5.65 Å². The Morgan fingerprint density at radius 2 is 1.76 bits per heavy atom. The predicted molar refractivity (Wildman–Crippen MR) is 136 cm³/mol. The van der Waals surface area contributed by atoms with Gasteiger partial charge in [-0.2, -0.15) is 10.1 Å². The molecule has 2 aromatic heterocycles. The van der Waals surface area contributed by atoms with Crippen LogP contribution in [0, 0.1) is 27.7 Å². The molecule has 0 fully saturated rings. The molecular formula is C28H32N4O2. The van der Waals surface area contributed by atoms with Gasteiger partial charge in [-0.05, 0) is 63.8 Å². The molecule has 2 heterocycles. The normalized spacial score (nSPS) is 11.1. The van der Waals surface area contributed by atoms with Crippen molar-refractivity contribution in [2.24, 2.45) is 0 Å². The lowest BCUT2D eigenvalue weighted by atomic mass is 10.0. The number of aromatic nitrogens is 3. The molecular weight excluding hydrogens is 424 g/mol. The molecule has 0 radical (unpaired) electrons. The molecule has 0 aliphatic carbocycles. The summed E-state index contributed by atoms with van der Waals surface area (Å²) in [6, 6.07) is 16.3. The second-order valence-electron chi connectivity index (χ2n) is 8.70. The zero-order chi connectivity index (χ0) is 24.2. The number of para-hydroxylation sites is 1. The molecule has 1 amide bonds. The molecule has 1 N–H and O–H groups in total. The van der Waals surface area contributed by atoms with Gasteiger partial charge in [-0.3, -0.25) is 4.79 Å². The fourth-order valence-corrected chi connectivity index (χ4v) is 4.29. The molecule has 4 aromatic rings. The summed E-state index contributed by atoms with van der Waals surface area (Å²) < 4.78 is 7.84. The van der Waals surface area contributed by atoms with Crippen LogP contribution in [0.4, 0.5) is 0 Å². The first-order valence-electron chi connectivity index (χ1n) is 11.8. The van der Waals surface area contributed by atoms with E-state index in [0.717, 1.165) is 44.7 Å². The first kappa shape index (κ1) is 23.5. The molecule has 0 atom stereocenters. The Bertz CT molecular complexity index is 1320. The third-order valence-corrected chi connectivity index (χ3v) is 6.17. The number of ether oxygens (including phenoxy) is 1. The van der Waals surface area contributed by atoms with Crippen LogP contribution in [0.15, 0.2) is 48.5 Å². The summed E-state index contributed by atoms with van der Waals surface area (Å²) in [5.74, 6) is 0.586. The molecule has 176 valence electrons. The van der Waals surface area contributed by atoms with Crippen molar-refractivity contribution in [3.63, 3.8) is 0 Å². The first-order chi connectivity index (χ1) is 16.4. The minimum Gasteiger partial charge on any atom is -0.478 e. The molecule has 0 aliphatic rings. The van der Waals surface area contributed by atoms with Gasteiger partial charge < -0.3 is 10.1 Å². The zero-order valence-corrected chi connectivity index (χ0v) is 20.6. The maximum Gasteiger partial charge on any atom is 0.220 e. The van der Waals surface area contributed by atoms with Crippen LogP contribution in [0.5, 0.6) is 5.88 Å². The van der Waals surface area contributed by atoms with E-state index in [1.54, 1.807) is 0 Å². The third-order valence-electron chi connectivity index (χ3n) is 6.17. The van der Waals surface area contributed by atoms with Crippen LogP contribution in [-0.2, 0) is 17.8 Å². The average Bonchev–Trinajstić information content (AvgIpc) is 3.15. The highest BCUT2D eigenvalue weighted by molar-refractivity contribution is 5.86. The Kier molecular flexibility index (Phi) is 6.96. The Balaban J connectivity index is 1.61. The van der Waals surface area contributed by atoms with Crippen LogP contribution in [0.3, 0.4) is 0 Å². The Hall–Kier alpha value is -3.67. The van der Waals surface area contributed by atoms with Crippen molar-refractivity contribution >= 4 is 16.9 Å². The standard InChI is InChI=1S/C28H32N4O2/c1-6-34-28-23(15-16-25(33)29-17-22-13-11-18(2)12-14-22)20(4)26-21(5)31-32(27(26)30-28)24-10-8-7-9-19(24)3/h7-14H,6,15-17H2,1-5H3,(H,29,33). The summed E-state index contributed by atoms with van der Waals surface area (Å²) in [4.78, 5) is 17.5. The number of fused-ring (bicyclic) bond motifs is 1. The van der Waals surface area contributed by atoms with Crippen LogP contribution < -0.4 is 10.1 Å². The van der Waals surface area contributed by atoms with E-state index in [-0.39, 0.29) is 5.91 Å². The maximum absolute atomic E-state index is 12.6. The van der Waals surface area contributed by atoms with Gasteiger partial charge in [0.05, 0.1) is 18.0 Å². The highest BCUT2D eigenvalue weighted by atomic mass is 16.5. The van der Waals surface area contributed by atoms with Crippen molar-refractivity contribution in [2.75, 3.05) is 6.61 Å². The van der Waals surface area contributed by atoms with E-state index in [4.69, 9.17) is 14.8 Å². The summed E-state index contributed by atoms with van der Waals surface area (Å²) in [5, 5.41) is 8.85. The number of nitrogens with zero attached hydrogens (tertiary/aromatic N) is 3. The van der Waals surface area contributed by atoms with E-state index >= 15 is 0 Å². The van der Waals surface area contributed by atoms with E-state index in [1.807, 2.05) is 48.9 Å². The zero-order valence-electron chi connectivity index (χ0n) is 20.6. The van der Waals surface area contributed by atoms with Crippen molar-refractivity contribution < 1.29 is 9.53 Å². The summed E-state index contributed by atoms with van der Waals surface area (Å²) in [6.45, 7) is 11.2. The number of benzene rings is 2. The van der Waals surface area contributed by atoms with Gasteiger partial charge >= 0.3 is 0 Å². The summed E-state index contributed by atoms with van der Waals surface area (Å²) >= 11 is 0. The summed E-state index contributed by atoms with van der Waals surface area (Å²) in [7, 11) is 0. The predicted octanol–water partition coefficient (Wildman–Crippen LogP) is 5.30. The topological polar surface area (TPSA) is 69.0 Å². The lowest BCUT2D eigenvalue weighted by Gasteiger charge is -2.14. The molecule has 34 heavy (non-hydrogen) atoms. The van der Waals surface area contributed by atoms with Gasteiger partial charge in [0, 0.05) is 23.9 Å². The minimum absolute atomic E-state index is 0.00912. The Morgan fingerprint density at radius 3 is 2.47 bits per heavy atom. The van der Waals surface area contributed by atoms with Gasteiger partial charge in [0.25, 0.3) is 0 Å². The number of aryl methyl sites for hydroxylation is 4. The van der Waals surface area contributed by atoms with Crippen LogP contribution >= 0.6 is 0 Å². The molecule has 6 nitrogen and oxygen atoms in total. The fourth-order valence-electron chi connectivity index (χ4n) is 4.29. The van der Waals surface area contributed by atoms with Crippen molar-refractivity contribution in [2.45, 2.75) is 54.0 Å². The number of carbonyl (C=O) groups excluding carboxylic acids is 1. The Labute approximate surface area is 201 Å². The smallest absolute Gasteiger partial charge is 0.220 e. The molecule has 0 unspecified atom stereocenters. The minimum atomic E-state index is 0.00912. The molecule has 4 rings (SSSR count). The van der Waals surface area contributed by atoms with Crippen LogP contribution in [-0.4, -0.2) is 27.3 Å². The molecule has 0 saturated carbocycles. The lowest BCUT2D eigenvalue weighted by Crippen LogP contribution is -2.23. The number of hydrogen-bond donors (Lipinski definition) is 1. The van der Waals surface area contributed by atoms with Crippen LogP contribution in [0.2, 0.25) is 0 Å². The van der Waals surface area contributed by atoms with E-state index in [1.165, 1.54) is 5.56 Å². The van der Waals surface area contributed by atoms with Crippen LogP contribution in [0.25, 0.3) is 16.7 Å². The van der Waals surface area contributed by atoms with E-state index in [0.29, 0.717) is 31.9 Å². The van der Waals surface area contributed by atoms with Crippen molar-refractivity contribution in [1.29, 1.82) is 0 Å². The van der Waals surface area contributed by atoms with Gasteiger partial charge in [-0.25, -0.2) is 4.68 Å². The fraction of sp³-hybridized carbons (Fsp3) is 0.321. The van der Waals surface area contributed by atoms with Crippen LogP contribution in [0.1, 0.15) is 46.9 Å². The SMILES string of the molecule is CCOc1nc2c(c(C)nn2-c2ccccc2C)c(C)c1CCC(=O)NCc1ccc(C)cc1. The quantitative estimate of drug-likeness (QED) is 0.391. The number of amides is 1. The summed E-state index contributed by atoms with van der Waals surface area (Å²) in [5.41, 5.74) is 8.14. The van der Waals surface area contributed by atoms with Crippen molar-refractivity contribution in [3.8, 4) is 11.6 Å². The number of pyridine rings is 1. The Morgan fingerprint density at radius 1 is 1.03 bits per heavy atom. The maximum atomic E-state index is 12.6. The molecule has 0 bridgehead atoms. The highest BCUT2D eigenvalue weighted by Gasteiger charge is 2.21. The number of nitrogens with one attached hydrogen (secondary N) is 1. The lowest BCUT2D eigenvalue weighted by molar-refractivity contribution is -0.121. The molecule has 6 heteroatoms. The second-order valence-corrected chi connectivity index (χ2v) is 8.70. The van der Waals surface area contributed by atoms with Gasteiger partial charge in [-0.15, -0.1) is 0 Å². The van der Waals surface area contributed by atoms with Gasteiger partial charge in [0.1, 0.15) is 0 Å². The molecule has 0 aliphatic heterocycles. The monoisotopic (exact) mass is 456 g/mol. The third kappa shape index (κ3) is 4.81. The van der Waals surface area contributed by atoms with Gasteiger partial charge in [-0.1, -0.05) is 48.0 Å². The van der Waals surface area contributed by atoms with E-state index in [9.17, 15) is 4.79 Å². The van der Waals surface area contributed by atoms with E-state index < -0.39 is 0 Å². The molecule has 0 saturated heterocycles. The molecule has 0 spiro atoms. The van der Waals surface area contributed by atoms with Crippen molar-refractivity contribution in [3.05, 3.63) is 82.0 Å². The van der Waals surface area contributed by atoms with Crippen molar-refractivity contribution in [1.82, 2.24) is 20.1 Å². The van der Waals surface area contributed by atoms with Gasteiger partial charge in [0.2, 0.25) is 11.8 Å². The average molecular weight is 457 g/mol. The summed E-state index contributed by atoms with van der Waals surface area (Å²) in [6.07, 6.45) is 0.920. The number of carbonyl (C=O) groups is 1. The second kappa shape index (κ2) is 10.1. The number of hydrogen-bond acceptors (Lipinski definition) is 4.